The van der Waals surface area contributed by atoms with Gasteiger partial charge in [-0.1, -0.05) is 11.6 Å². The highest BCUT2D eigenvalue weighted by Crippen LogP contribution is 2.27. The van der Waals surface area contributed by atoms with Crippen LogP contribution in [0.3, 0.4) is 0 Å². The summed E-state index contributed by atoms with van der Waals surface area (Å²) >= 11 is 5.92. The number of halogens is 4. The van der Waals surface area contributed by atoms with Gasteiger partial charge >= 0.3 is 6.18 Å². The molecule has 0 radical (unpaired) electrons. The molecule has 0 saturated heterocycles. The number of aromatic nitrogens is 2. The van der Waals surface area contributed by atoms with E-state index < -0.39 is 11.9 Å². The third-order valence-electron chi connectivity index (χ3n) is 2.33. The van der Waals surface area contributed by atoms with Gasteiger partial charge in [-0.25, -0.2) is 0 Å². The topological polar surface area (TPSA) is 43.8 Å². The number of hydrogen-bond acceptors (Lipinski definition) is 2. The molecule has 3 nitrogen and oxygen atoms in total. The summed E-state index contributed by atoms with van der Waals surface area (Å²) in [4.78, 5) is 0. The summed E-state index contributed by atoms with van der Waals surface area (Å²) in [7, 11) is 0. The molecule has 0 aliphatic heterocycles. The smallest absolute Gasteiger partial charge is 0.399 e. The highest BCUT2D eigenvalue weighted by atomic mass is 35.5. The van der Waals surface area contributed by atoms with Crippen molar-refractivity contribution in [1.82, 2.24) is 9.78 Å². The van der Waals surface area contributed by atoms with E-state index in [-0.39, 0.29) is 6.54 Å². The minimum Gasteiger partial charge on any atom is -0.399 e. The van der Waals surface area contributed by atoms with Crippen molar-refractivity contribution in [2.24, 2.45) is 0 Å². The summed E-state index contributed by atoms with van der Waals surface area (Å²) in [6.07, 6.45) is -3.19. The van der Waals surface area contributed by atoms with Gasteiger partial charge in [0.05, 0.1) is 6.54 Å². The molecule has 0 amide bonds. The Labute approximate surface area is 106 Å². The van der Waals surface area contributed by atoms with E-state index in [9.17, 15) is 13.2 Å². The second-order valence-corrected chi connectivity index (χ2v) is 4.15. The van der Waals surface area contributed by atoms with Crippen molar-refractivity contribution in [3.63, 3.8) is 0 Å². The molecule has 0 spiro atoms. The molecule has 1 heterocycles. The molecule has 0 bridgehead atoms. The van der Waals surface area contributed by atoms with Gasteiger partial charge in [0, 0.05) is 16.9 Å². The van der Waals surface area contributed by atoms with Crippen LogP contribution in [0.5, 0.6) is 0 Å². The lowest BCUT2D eigenvalue weighted by Crippen LogP contribution is -2.08. The summed E-state index contributed by atoms with van der Waals surface area (Å²) in [6, 6.07) is 5.74. The highest BCUT2D eigenvalue weighted by molar-refractivity contribution is 6.31. The SMILES string of the molecule is Nc1ccc(Cl)c(Cn2ccc(C(F)(F)F)n2)c1. The summed E-state index contributed by atoms with van der Waals surface area (Å²) < 4.78 is 38.3. The molecule has 96 valence electrons. The van der Waals surface area contributed by atoms with Crippen LogP contribution >= 0.6 is 11.6 Å². The van der Waals surface area contributed by atoms with Gasteiger partial charge in [-0.05, 0) is 29.8 Å². The molecular formula is C11H9ClF3N3. The van der Waals surface area contributed by atoms with Crippen LogP contribution in [0, 0.1) is 0 Å². The molecular weight excluding hydrogens is 267 g/mol. The molecule has 1 aromatic carbocycles. The Morgan fingerprint density at radius 3 is 2.61 bits per heavy atom. The number of nitrogens with two attached hydrogens (primary N) is 1. The summed E-state index contributed by atoms with van der Waals surface area (Å²) in [5.41, 5.74) is 5.78. The van der Waals surface area contributed by atoms with Gasteiger partial charge in [0.2, 0.25) is 0 Å². The average Bonchev–Trinajstić information content (AvgIpc) is 2.71. The molecule has 1 aromatic heterocycles. The lowest BCUT2D eigenvalue weighted by atomic mass is 10.2. The van der Waals surface area contributed by atoms with E-state index in [0.717, 1.165) is 6.07 Å². The van der Waals surface area contributed by atoms with E-state index in [1.165, 1.54) is 10.9 Å². The Kier molecular flexibility index (Phi) is 3.21. The van der Waals surface area contributed by atoms with E-state index in [4.69, 9.17) is 17.3 Å². The van der Waals surface area contributed by atoms with Gasteiger partial charge < -0.3 is 5.73 Å². The monoisotopic (exact) mass is 275 g/mol. The van der Waals surface area contributed by atoms with Crippen molar-refractivity contribution >= 4 is 17.3 Å². The normalized spacial score (nSPS) is 11.8. The Hall–Kier alpha value is -1.69. The number of hydrogen-bond donors (Lipinski definition) is 1. The zero-order valence-electron chi connectivity index (χ0n) is 9.08. The van der Waals surface area contributed by atoms with Gasteiger partial charge in [-0.15, -0.1) is 0 Å². The molecule has 18 heavy (non-hydrogen) atoms. The maximum atomic E-state index is 12.4. The molecule has 0 saturated carbocycles. The van der Waals surface area contributed by atoms with Gasteiger partial charge in [0.15, 0.2) is 5.69 Å². The molecule has 0 aliphatic carbocycles. The van der Waals surface area contributed by atoms with Crippen molar-refractivity contribution in [3.8, 4) is 0 Å². The first-order valence-corrected chi connectivity index (χ1v) is 5.38. The minimum absolute atomic E-state index is 0.139. The van der Waals surface area contributed by atoms with E-state index in [1.54, 1.807) is 18.2 Å². The number of rotatable bonds is 2. The maximum Gasteiger partial charge on any atom is 0.435 e. The largest absolute Gasteiger partial charge is 0.435 e. The lowest BCUT2D eigenvalue weighted by Gasteiger charge is -2.06. The average molecular weight is 276 g/mol. The van der Waals surface area contributed by atoms with E-state index in [1.807, 2.05) is 0 Å². The van der Waals surface area contributed by atoms with Crippen molar-refractivity contribution in [1.29, 1.82) is 0 Å². The Bertz CT molecular complexity index is 563. The number of anilines is 1. The number of nitrogens with zero attached hydrogens (tertiary/aromatic N) is 2. The van der Waals surface area contributed by atoms with Gasteiger partial charge in [-0.3, -0.25) is 4.68 Å². The van der Waals surface area contributed by atoms with Crippen LogP contribution in [0.15, 0.2) is 30.5 Å². The van der Waals surface area contributed by atoms with Gasteiger partial charge in [0.25, 0.3) is 0 Å². The molecule has 2 N–H and O–H groups in total. The van der Waals surface area contributed by atoms with Crippen molar-refractivity contribution in [3.05, 3.63) is 46.7 Å². The Morgan fingerprint density at radius 2 is 2.00 bits per heavy atom. The molecule has 0 fully saturated rings. The van der Waals surface area contributed by atoms with Crippen molar-refractivity contribution in [2.45, 2.75) is 12.7 Å². The molecule has 2 rings (SSSR count). The fourth-order valence-corrected chi connectivity index (χ4v) is 1.67. The maximum absolute atomic E-state index is 12.4. The summed E-state index contributed by atoms with van der Waals surface area (Å²) in [6.45, 7) is 0.139. The first kappa shape index (κ1) is 12.8. The quantitative estimate of drug-likeness (QED) is 0.856. The lowest BCUT2D eigenvalue weighted by molar-refractivity contribution is -0.141. The van der Waals surface area contributed by atoms with Gasteiger partial charge in [0.1, 0.15) is 0 Å². The number of nitrogen functional groups attached to an aromatic ring is 1. The zero-order chi connectivity index (χ0) is 13.3. The van der Waals surface area contributed by atoms with Gasteiger partial charge in [-0.2, -0.15) is 18.3 Å². The van der Waals surface area contributed by atoms with Crippen LogP contribution in [-0.4, -0.2) is 9.78 Å². The van der Waals surface area contributed by atoms with E-state index in [0.29, 0.717) is 16.3 Å². The number of benzene rings is 1. The van der Waals surface area contributed by atoms with E-state index in [2.05, 4.69) is 5.10 Å². The predicted octanol–water partition coefficient (Wildman–Crippen LogP) is 3.19. The Morgan fingerprint density at radius 1 is 1.28 bits per heavy atom. The molecule has 7 heteroatoms. The molecule has 0 unspecified atom stereocenters. The third kappa shape index (κ3) is 2.76. The summed E-state index contributed by atoms with van der Waals surface area (Å²) in [5, 5.41) is 3.88. The molecule has 0 aliphatic rings. The Balaban J connectivity index is 2.24. The first-order valence-electron chi connectivity index (χ1n) is 5.01. The van der Waals surface area contributed by atoms with Crippen LogP contribution in [0.25, 0.3) is 0 Å². The van der Waals surface area contributed by atoms with Crippen LogP contribution in [0.1, 0.15) is 11.3 Å². The fourth-order valence-electron chi connectivity index (χ4n) is 1.49. The van der Waals surface area contributed by atoms with Crippen LogP contribution in [0.4, 0.5) is 18.9 Å². The molecule has 0 atom stereocenters. The fraction of sp³-hybridized carbons (Fsp3) is 0.182. The zero-order valence-corrected chi connectivity index (χ0v) is 9.83. The van der Waals surface area contributed by atoms with Crippen LogP contribution in [0.2, 0.25) is 5.02 Å². The predicted molar refractivity (Wildman–Crippen MR) is 62.2 cm³/mol. The molecule has 2 aromatic rings. The minimum atomic E-state index is -4.44. The second-order valence-electron chi connectivity index (χ2n) is 3.75. The van der Waals surface area contributed by atoms with Crippen LogP contribution < -0.4 is 5.73 Å². The van der Waals surface area contributed by atoms with Crippen molar-refractivity contribution in [2.75, 3.05) is 5.73 Å². The summed E-state index contributed by atoms with van der Waals surface area (Å²) in [5.74, 6) is 0. The van der Waals surface area contributed by atoms with Crippen molar-refractivity contribution < 1.29 is 13.2 Å². The second kappa shape index (κ2) is 4.53. The number of alkyl halides is 3. The van der Waals surface area contributed by atoms with Crippen LogP contribution in [-0.2, 0) is 12.7 Å². The van der Waals surface area contributed by atoms with E-state index >= 15 is 0 Å². The highest BCUT2D eigenvalue weighted by Gasteiger charge is 2.33. The third-order valence-corrected chi connectivity index (χ3v) is 2.70. The standard InChI is InChI=1S/C11H9ClF3N3/c12-9-2-1-8(16)5-7(9)6-18-4-3-10(17-18)11(13,14)15/h1-5H,6,16H2. The first-order chi connectivity index (χ1) is 8.36.